The lowest BCUT2D eigenvalue weighted by molar-refractivity contribution is 0.0183. The van der Waals surface area contributed by atoms with Crippen molar-refractivity contribution in [3.8, 4) is 5.75 Å². The number of carbonyl (C=O) groups excluding carboxylic acids is 1. The number of halogens is 1. The van der Waals surface area contributed by atoms with Gasteiger partial charge in [-0.1, -0.05) is 42.5 Å². The summed E-state index contributed by atoms with van der Waals surface area (Å²) in [6.07, 6.45) is 7.65. The van der Waals surface area contributed by atoms with Crippen LogP contribution in [0, 0.1) is 0 Å². The van der Waals surface area contributed by atoms with Crippen LogP contribution in [0.3, 0.4) is 0 Å². The number of fused-ring (bicyclic) bond motifs is 3. The van der Waals surface area contributed by atoms with Crippen molar-refractivity contribution >= 4 is 18.3 Å². The molecular formula is C24H29ClN2O2. The molecule has 5 heteroatoms. The zero-order chi connectivity index (χ0) is 19.0. The summed E-state index contributed by atoms with van der Waals surface area (Å²) in [4.78, 5) is 15.9. The quantitative estimate of drug-likeness (QED) is 0.790. The molecule has 0 aliphatic carbocycles. The molecule has 2 unspecified atom stereocenters. The fraction of sp³-hybridized carbons (Fsp3) is 0.458. The monoisotopic (exact) mass is 412 g/mol. The molecule has 0 radical (unpaired) electrons. The molecule has 2 fully saturated rings. The van der Waals surface area contributed by atoms with Gasteiger partial charge in [0.1, 0.15) is 5.75 Å². The molecule has 3 aliphatic heterocycles. The average Bonchev–Trinajstić information content (AvgIpc) is 2.92. The van der Waals surface area contributed by atoms with E-state index in [0.29, 0.717) is 18.2 Å². The van der Waals surface area contributed by atoms with Gasteiger partial charge < -0.3 is 10.1 Å². The second kappa shape index (κ2) is 8.37. The van der Waals surface area contributed by atoms with Crippen LogP contribution in [-0.4, -0.2) is 29.1 Å². The Morgan fingerprint density at radius 3 is 2.79 bits per heavy atom. The minimum Gasteiger partial charge on any atom is -0.492 e. The Morgan fingerprint density at radius 2 is 1.93 bits per heavy atom. The molecule has 3 aliphatic rings. The van der Waals surface area contributed by atoms with Crippen molar-refractivity contribution in [1.29, 1.82) is 0 Å². The van der Waals surface area contributed by atoms with Crippen molar-refractivity contribution in [2.45, 2.75) is 63.2 Å². The maximum atomic E-state index is 13.3. The number of benzene rings is 2. The molecule has 5 rings (SSSR count). The summed E-state index contributed by atoms with van der Waals surface area (Å²) in [6, 6.07) is 17.2. The smallest absolute Gasteiger partial charge is 0.256 e. The first-order valence-corrected chi connectivity index (χ1v) is 10.6. The van der Waals surface area contributed by atoms with Crippen molar-refractivity contribution < 1.29 is 9.53 Å². The Hall–Kier alpha value is -2.04. The van der Waals surface area contributed by atoms with Crippen LogP contribution in [0.2, 0.25) is 0 Å². The lowest BCUT2D eigenvalue weighted by atomic mass is 9.94. The highest BCUT2D eigenvalue weighted by Gasteiger charge is 2.49. The van der Waals surface area contributed by atoms with E-state index < -0.39 is 0 Å². The van der Waals surface area contributed by atoms with Crippen molar-refractivity contribution in [3.63, 3.8) is 0 Å². The fourth-order valence-electron chi connectivity index (χ4n) is 5.36. The molecule has 2 aromatic carbocycles. The van der Waals surface area contributed by atoms with E-state index in [2.05, 4.69) is 46.6 Å². The molecule has 2 atom stereocenters. The molecule has 3 heterocycles. The summed E-state index contributed by atoms with van der Waals surface area (Å²) in [7, 11) is 0. The summed E-state index contributed by atoms with van der Waals surface area (Å²) in [6.45, 7) is 1.60. The van der Waals surface area contributed by atoms with Crippen LogP contribution in [0.25, 0.3) is 0 Å². The van der Waals surface area contributed by atoms with E-state index in [1.807, 2.05) is 12.1 Å². The van der Waals surface area contributed by atoms with Crippen LogP contribution in [0.1, 0.15) is 60.0 Å². The number of nitrogens with one attached hydrogen (secondary N) is 1. The minimum absolute atomic E-state index is 0. The zero-order valence-electron chi connectivity index (χ0n) is 16.7. The molecule has 1 amide bonds. The summed E-state index contributed by atoms with van der Waals surface area (Å²) in [5.41, 5.74) is 2.94. The third-order valence-corrected chi connectivity index (χ3v) is 6.73. The number of ether oxygens (including phenoxy) is 1. The summed E-state index contributed by atoms with van der Waals surface area (Å²) in [5, 5.41) is 3.47. The first kappa shape index (κ1) is 20.2. The Kier molecular flexibility index (Phi) is 5.84. The first-order valence-electron chi connectivity index (χ1n) is 10.6. The van der Waals surface area contributed by atoms with Crippen LogP contribution in [0.5, 0.6) is 5.75 Å². The van der Waals surface area contributed by atoms with E-state index in [1.54, 1.807) is 0 Å². The van der Waals surface area contributed by atoms with Crippen molar-refractivity contribution in [3.05, 3.63) is 65.2 Å². The highest BCUT2D eigenvalue weighted by Crippen LogP contribution is 2.43. The third kappa shape index (κ3) is 3.76. The second-order valence-electron chi connectivity index (χ2n) is 8.43. The Morgan fingerprint density at radius 1 is 1.07 bits per heavy atom. The van der Waals surface area contributed by atoms with Gasteiger partial charge in [0.25, 0.3) is 5.91 Å². The molecule has 1 N–H and O–H groups in total. The van der Waals surface area contributed by atoms with E-state index in [-0.39, 0.29) is 24.0 Å². The molecule has 29 heavy (non-hydrogen) atoms. The number of hydrogen-bond donors (Lipinski definition) is 1. The Bertz CT molecular complexity index is 868. The van der Waals surface area contributed by atoms with Gasteiger partial charge in [-0.3, -0.25) is 9.69 Å². The lowest BCUT2D eigenvalue weighted by Crippen LogP contribution is -2.60. The summed E-state index contributed by atoms with van der Waals surface area (Å²) >= 11 is 0. The van der Waals surface area contributed by atoms with Gasteiger partial charge in [-0.15, -0.1) is 12.4 Å². The molecule has 4 nitrogen and oxygen atoms in total. The van der Waals surface area contributed by atoms with Gasteiger partial charge in [0.2, 0.25) is 0 Å². The molecule has 0 saturated carbocycles. The van der Waals surface area contributed by atoms with Crippen LogP contribution in [0.15, 0.2) is 48.5 Å². The van der Waals surface area contributed by atoms with Gasteiger partial charge in [-0.25, -0.2) is 0 Å². The van der Waals surface area contributed by atoms with Gasteiger partial charge in [0.05, 0.1) is 17.8 Å². The molecule has 154 valence electrons. The first-order chi connectivity index (χ1) is 13.8. The van der Waals surface area contributed by atoms with Crippen LogP contribution in [0.4, 0.5) is 0 Å². The number of rotatable bonds is 4. The highest BCUT2D eigenvalue weighted by molar-refractivity contribution is 5.98. The van der Waals surface area contributed by atoms with E-state index >= 15 is 0 Å². The SMILES string of the molecule is Cl.O=C(NC12CCCC(CC1)N2Cc1ccccc1)c1cccc2c1OCCC2. The van der Waals surface area contributed by atoms with Gasteiger partial charge in [-0.2, -0.15) is 0 Å². The van der Waals surface area contributed by atoms with Crippen molar-refractivity contribution in [2.24, 2.45) is 0 Å². The predicted molar refractivity (Wildman–Crippen MR) is 117 cm³/mol. The number of amides is 1. The lowest BCUT2D eigenvalue weighted by Gasteiger charge is -2.45. The fourth-order valence-corrected chi connectivity index (χ4v) is 5.36. The number of carbonyl (C=O) groups is 1. The molecule has 0 spiro atoms. The number of para-hydroxylation sites is 1. The topological polar surface area (TPSA) is 41.6 Å². The third-order valence-electron chi connectivity index (χ3n) is 6.73. The zero-order valence-corrected chi connectivity index (χ0v) is 17.5. The van der Waals surface area contributed by atoms with E-state index in [1.165, 1.54) is 18.4 Å². The predicted octanol–water partition coefficient (Wildman–Crippen LogP) is 4.71. The molecule has 2 bridgehead atoms. The molecule has 0 aromatic heterocycles. The normalized spacial score (nSPS) is 25.4. The Labute approximate surface area is 179 Å². The molecule has 2 aromatic rings. The van der Waals surface area contributed by atoms with Gasteiger partial charge >= 0.3 is 0 Å². The average molecular weight is 413 g/mol. The Balaban J connectivity index is 0.00000205. The largest absolute Gasteiger partial charge is 0.492 e. The number of aryl methyl sites for hydroxylation is 1. The number of piperidine rings is 1. The molecular weight excluding hydrogens is 384 g/mol. The minimum atomic E-state index is -0.229. The van der Waals surface area contributed by atoms with Crippen LogP contribution >= 0.6 is 12.4 Å². The van der Waals surface area contributed by atoms with E-state index in [4.69, 9.17) is 4.74 Å². The highest BCUT2D eigenvalue weighted by atomic mass is 35.5. The summed E-state index contributed by atoms with van der Waals surface area (Å²) < 4.78 is 5.89. The van der Waals surface area contributed by atoms with Crippen LogP contribution < -0.4 is 10.1 Å². The van der Waals surface area contributed by atoms with Gasteiger partial charge in [0, 0.05) is 12.6 Å². The summed E-state index contributed by atoms with van der Waals surface area (Å²) in [5.74, 6) is 0.807. The number of hydrogen-bond acceptors (Lipinski definition) is 3. The van der Waals surface area contributed by atoms with Gasteiger partial charge in [-0.05, 0) is 62.1 Å². The van der Waals surface area contributed by atoms with Crippen LogP contribution in [-0.2, 0) is 13.0 Å². The molecule has 2 saturated heterocycles. The van der Waals surface area contributed by atoms with Crippen molar-refractivity contribution in [1.82, 2.24) is 10.2 Å². The maximum Gasteiger partial charge on any atom is 0.256 e. The maximum absolute atomic E-state index is 13.3. The van der Waals surface area contributed by atoms with Crippen molar-refractivity contribution in [2.75, 3.05) is 6.61 Å². The number of nitrogens with zero attached hydrogens (tertiary/aromatic N) is 1. The van der Waals surface area contributed by atoms with E-state index in [9.17, 15) is 4.79 Å². The van der Waals surface area contributed by atoms with E-state index in [0.717, 1.165) is 50.0 Å². The second-order valence-corrected chi connectivity index (χ2v) is 8.43. The van der Waals surface area contributed by atoms with Gasteiger partial charge in [0.15, 0.2) is 0 Å². The standard InChI is InChI=1S/C24H28N2O2.ClH/c27-23(21-12-4-9-19-10-6-16-28-22(19)21)25-24-14-5-11-20(13-15-24)26(24)17-18-7-2-1-3-8-18;/h1-4,7-9,12,20H,5-6,10-11,13-17H2,(H,25,27);1H.